The summed E-state index contributed by atoms with van der Waals surface area (Å²) < 4.78 is 0. The lowest BCUT2D eigenvalue weighted by Gasteiger charge is -2.32. The first-order valence-electron chi connectivity index (χ1n) is 5.10. The molecule has 0 aliphatic carbocycles. The van der Waals surface area contributed by atoms with Crippen LogP contribution in [0.3, 0.4) is 0 Å². The van der Waals surface area contributed by atoms with Gasteiger partial charge >= 0.3 is 5.97 Å². The molecule has 0 amide bonds. The number of likely N-dealkylation sites (tertiary alicyclic amines) is 1. The number of hydrogen-bond donors (Lipinski definition) is 1. The van der Waals surface area contributed by atoms with Gasteiger partial charge < -0.3 is 10.0 Å². The van der Waals surface area contributed by atoms with E-state index in [4.69, 9.17) is 5.11 Å². The number of hydrogen-bond acceptors (Lipinski definition) is 2. The Morgan fingerprint density at radius 2 is 2.00 bits per heavy atom. The van der Waals surface area contributed by atoms with Gasteiger partial charge in [-0.2, -0.15) is 0 Å². The third-order valence-corrected chi connectivity index (χ3v) is 3.18. The lowest BCUT2D eigenvalue weighted by molar-refractivity contribution is -0.143. The number of carboxylic acid groups (broad SMARTS) is 1. The summed E-state index contributed by atoms with van der Waals surface area (Å²) in [5.41, 5.74) is 0. The topological polar surface area (TPSA) is 40.5 Å². The molecule has 1 rings (SSSR count). The van der Waals surface area contributed by atoms with E-state index in [0.29, 0.717) is 5.92 Å². The Balaban J connectivity index is 0.00000169. The molecule has 84 valence electrons. The van der Waals surface area contributed by atoms with Gasteiger partial charge in [-0.1, -0.05) is 13.8 Å². The van der Waals surface area contributed by atoms with Crippen molar-refractivity contribution in [2.75, 3.05) is 19.6 Å². The Kier molecular flexibility index (Phi) is 6.12. The van der Waals surface area contributed by atoms with E-state index in [2.05, 4.69) is 11.8 Å². The third-order valence-electron chi connectivity index (χ3n) is 3.18. The minimum Gasteiger partial charge on any atom is -0.481 e. The van der Waals surface area contributed by atoms with Crippen molar-refractivity contribution >= 4 is 18.4 Å². The fourth-order valence-corrected chi connectivity index (χ4v) is 1.97. The Hall–Kier alpha value is -0.280. The third kappa shape index (κ3) is 3.46. The van der Waals surface area contributed by atoms with E-state index < -0.39 is 5.97 Å². The van der Waals surface area contributed by atoms with E-state index in [1.165, 1.54) is 0 Å². The maximum atomic E-state index is 10.7. The number of rotatable bonds is 3. The average Bonchev–Trinajstić information content (AvgIpc) is 2.17. The van der Waals surface area contributed by atoms with Gasteiger partial charge in [0.05, 0.1) is 5.92 Å². The molecule has 1 N–H and O–H groups in total. The van der Waals surface area contributed by atoms with E-state index >= 15 is 0 Å². The fourth-order valence-electron chi connectivity index (χ4n) is 1.97. The fraction of sp³-hybridized carbons (Fsp3) is 0.900. The van der Waals surface area contributed by atoms with Crippen LogP contribution >= 0.6 is 12.4 Å². The van der Waals surface area contributed by atoms with Crippen molar-refractivity contribution in [1.29, 1.82) is 0 Å². The zero-order valence-corrected chi connectivity index (χ0v) is 9.72. The molecule has 0 aromatic rings. The molecule has 0 radical (unpaired) electrons. The normalized spacial score (nSPS) is 21.3. The molecular weight excluding hydrogens is 202 g/mol. The molecule has 0 aromatic heterocycles. The molecule has 1 unspecified atom stereocenters. The Labute approximate surface area is 91.9 Å². The number of carboxylic acids is 1. The molecule has 0 bridgehead atoms. The van der Waals surface area contributed by atoms with Crippen LogP contribution in [0.2, 0.25) is 0 Å². The lowest BCUT2D eigenvalue weighted by atomic mass is 9.85. The zero-order chi connectivity index (χ0) is 9.84. The van der Waals surface area contributed by atoms with Crippen LogP contribution in [0.4, 0.5) is 0 Å². The molecule has 3 nitrogen and oxygen atoms in total. The molecule has 1 atom stereocenters. The van der Waals surface area contributed by atoms with Gasteiger partial charge in [-0.05, 0) is 38.4 Å². The quantitative estimate of drug-likeness (QED) is 0.791. The number of piperidine rings is 1. The predicted molar refractivity (Wildman–Crippen MR) is 58.9 cm³/mol. The molecule has 0 spiro atoms. The number of aliphatic carboxylic acids is 1. The maximum Gasteiger partial charge on any atom is 0.306 e. The van der Waals surface area contributed by atoms with Crippen molar-refractivity contribution in [3.05, 3.63) is 0 Å². The molecular formula is C10H20ClNO2. The van der Waals surface area contributed by atoms with Gasteiger partial charge in [0, 0.05) is 0 Å². The van der Waals surface area contributed by atoms with Crippen LogP contribution in [-0.2, 0) is 4.79 Å². The second-order valence-electron chi connectivity index (χ2n) is 3.90. The van der Waals surface area contributed by atoms with Crippen LogP contribution in [-0.4, -0.2) is 35.6 Å². The van der Waals surface area contributed by atoms with Crippen molar-refractivity contribution in [2.45, 2.75) is 26.7 Å². The molecule has 1 aliphatic rings. The first-order valence-corrected chi connectivity index (χ1v) is 5.10. The molecule has 14 heavy (non-hydrogen) atoms. The first-order chi connectivity index (χ1) is 6.15. The summed E-state index contributed by atoms with van der Waals surface area (Å²) in [4.78, 5) is 13.1. The van der Waals surface area contributed by atoms with Crippen molar-refractivity contribution < 1.29 is 9.90 Å². The highest BCUT2D eigenvalue weighted by Crippen LogP contribution is 2.24. The van der Waals surface area contributed by atoms with Gasteiger partial charge in [0.1, 0.15) is 0 Å². The first kappa shape index (κ1) is 13.7. The van der Waals surface area contributed by atoms with Gasteiger partial charge in [-0.15, -0.1) is 12.4 Å². The van der Waals surface area contributed by atoms with Gasteiger partial charge in [0.2, 0.25) is 0 Å². The molecule has 1 aliphatic heterocycles. The van der Waals surface area contributed by atoms with Crippen LogP contribution in [0.1, 0.15) is 26.7 Å². The van der Waals surface area contributed by atoms with Crippen molar-refractivity contribution in [2.24, 2.45) is 11.8 Å². The maximum absolute atomic E-state index is 10.7. The minimum atomic E-state index is -0.644. The highest BCUT2D eigenvalue weighted by molar-refractivity contribution is 5.85. The van der Waals surface area contributed by atoms with Gasteiger partial charge in [-0.25, -0.2) is 0 Å². The minimum absolute atomic E-state index is 0. The van der Waals surface area contributed by atoms with E-state index in [-0.39, 0.29) is 18.3 Å². The van der Waals surface area contributed by atoms with Gasteiger partial charge in [-0.3, -0.25) is 4.79 Å². The summed E-state index contributed by atoms with van der Waals surface area (Å²) in [7, 11) is 0. The van der Waals surface area contributed by atoms with Crippen molar-refractivity contribution in [1.82, 2.24) is 4.90 Å². The zero-order valence-electron chi connectivity index (χ0n) is 8.90. The standard InChI is InChI=1S/C10H19NO2.ClH/c1-3-11-6-4-9(5-7-11)8(2)10(12)13;/h8-9H,3-7H2,1-2H3,(H,12,13);1H. The summed E-state index contributed by atoms with van der Waals surface area (Å²) in [5.74, 6) is -0.422. The second kappa shape index (κ2) is 6.25. The summed E-state index contributed by atoms with van der Waals surface area (Å²) in [6.07, 6.45) is 2.09. The molecule has 1 fully saturated rings. The van der Waals surface area contributed by atoms with Crippen LogP contribution in [0.5, 0.6) is 0 Å². The number of nitrogens with zero attached hydrogens (tertiary/aromatic N) is 1. The van der Waals surface area contributed by atoms with E-state index in [0.717, 1.165) is 32.5 Å². The SMILES string of the molecule is CCN1CCC(C(C)C(=O)O)CC1.Cl. The second-order valence-corrected chi connectivity index (χ2v) is 3.90. The molecule has 0 saturated carbocycles. The molecule has 1 heterocycles. The smallest absolute Gasteiger partial charge is 0.306 e. The van der Waals surface area contributed by atoms with E-state index in [1.807, 2.05) is 6.92 Å². The van der Waals surface area contributed by atoms with Crippen molar-refractivity contribution in [3.8, 4) is 0 Å². The summed E-state index contributed by atoms with van der Waals surface area (Å²) in [6, 6.07) is 0. The number of halogens is 1. The largest absolute Gasteiger partial charge is 0.481 e. The average molecular weight is 222 g/mol. The Bertz CT molecular complexity index is 179. The van der Waals surface area contributed by atoms with Gasteiger partial charge in [0.15, 0.2) is 0 Å². The highest BCUT2D eigenvalue weighted by atomic mass is 35.5. The predicted octanol–water partition coefficient (Wildman–Crippen LogP) is 1.86. The number of carbonyl (C=O) groups is 1. The lowest BCUT2D eigenvalue weighted by Crippen LogP contribution is -2.37. The molecule has 4 heteroatoms. The summed E-state index contributed by atoms with van der Waals surface area (Å²) in [6.45, 7) is 7.21. The Morgan fingerprint density at radius 1 is 1.50 bits per heavy atom. The molecule has 1 saturated heterocycles. The monoisotopic (exact) mass is 221 g/mol. The summed E-state index contributed by atoms with van der Waals surface area (Å²) >= 11 is 0. The summed E-state index contributed by atoms with van der Waals surface area (Å²) in [5, 5.41) is 8.84. The van der Waals surface area contributed by atoms with E-state index in [9.17, 15) is 4.79 Å². The molecule has 0 aromatic carbocycles. The van der Waals surface area contributed by atoms with Crippen LogP contribution in [0.25, 0.3) is 0 Å². The highest BCUT2D eigenvalue weighted by Gasteiger charge is 2.26. The van der Waals surface area contributed by atoms with Crippen LogP contribution in [0, 0.1) is 11.8 Å². The van der Waals surface area contributed by atoms with Crippen LogP contribution < -0.4 is 0 Å². The Morgan fingerprint density at radius 3 is 2.36 bits per heavy atom. The van der Waals surface area contributed by atoms with Crippen LogP contribution in [0.15, 0.2) is 0 Å². The van der Waals surface area contributed by atoms with Gasteiger partial charge in [0.25, 0.3) is 0 Å². The van der Waals surface area contributed by atoms with Crippen molar-refractivity contribution in [3.63, 3.8) is 0 Å². The van der Waals surface area contributed by atoms with E-state index in [1.54, 1.807) is 0 Å².